The molecule has 0 saturated carbocycles. The summed E-state index contributed by atoms with van der Waals surface area (Å²) < 4.78 is 11.2. The van der Waals surface area contributed by atoms with Gasteiger partial charge in [0.2, 0.25) is 5.88 Å². The van der Waals surface area contributed by atoms with Crippen molar-refractivity contribution in [1.29, 1.82) is 0 Å². The van der Waals surface area contributed by atoms with Crippen LogP contribution in [0.2, 0.25) is 0 Å². The summed E-state index contributed by atoms with van der Waals surface area (Å²) in [6.07, 6.45) is 6.44. The van der Waals surface area contributed by atoms with E-state index < -0.39 is 0 Å². The lowest BCUT2D eigenvalue weighted by Gasteiger charge is -2.33. The number of methoxy groups -OCH3 is 1. The first-order valence-electron chi connectivity index (χ1n) is 11.9. The van der Waals surface area contributed by atoms with Gasteiger partial charge in [0, 0.05) is 49.6 Å². The molecule has 0 bridgehead atoms. The second kappa shape index (κ2) is 9.89. The molecule has 1 N–H and O–H groups in total. The Hall–Kier alpha value is -2.96. The Bertz CT molecular complexity index is 1120. The molecule has 33 heavy (non-hydrogen) atoms. The van der Waals surface area contributed by atoms with Crippen LogP contribution in [0.15, 0.2) is 54.7 Å². The van der Waals surface area contributed by atoms with E-state index in [1.54, 1.807) is 13.3 Å². The van der Waals surface area contributed by atoms with E-state index in [9.17, 15) is 4.79 Å². The maximum absolute atomic E-state index is 13.0. The molecule has 6 nitrogen and oxygen atoms in total. The molecule has 0 aliphatic carbocycles. The third-order valence-corrected chi connectivity index (χ3v) is 6.81. The quantitative estimate of drug-likeness (QED) is 0.614. The summed E-state index contributed by atoms with van der Waals surface area (Å²) in [6.45, 7) is 3.95. The molecule has 6 heteroatoms. The maximum Gasteiger partial charge on any atom is 0.251 e. The largest absolute Gasteiger partial charge is 0.481 e. The van der Waals surface area contributed by atoms with Crippen molar-refractivity contribution in [2.24, 2.45) is 0 Å². The fourth-order valence-electron chi connectivity index (χ4n) is 5.02. The Morgan fingerprint density at radius 3 is 2.76 bits per heavy atom. The van der Waals surface area contributed by atoms with Gasteiger partial charge < -0.3 is 19.7 Å². The smallest absolute Gasteiger partial charge is 0.251 e. The van der Waals surface area contributed by atoms with Gasteiger partial charge in [-0.25, -0.2) is 4.98 Å². The number of nitrogens with one attached hydrogen (secondary N) is 1. The Kier molecular flexibility index (Phi) is 6.55. The third kappa shape index (κ3) is 4.87. The van der Waals surface area contributed by atoms with Gasteiger partial charge in [-0.2, -0.15) is 0 Å². The second-order valence-electron chi connectivity index (χ2n) is 8.99. The molecule has 1 unspecified atom stereocenters. The van der Waals surface area contributed by atoms with E-state index in [1.807, 2.05) is 42.5 Å². The molecule has 2 aliphatic heterocycles. The highest BCUT2D eigenvalue weighted by molar-refractivity contribution is 6.03. The minimum Gasteiger partial charge on any atom is -0.481 e. The number of pyridine rings is 1. The van der Waals surface area contributed by atoms with Crippen LogP contribution in [0.25, 0.3) is 21.9 Å². The second-order valence-corrected chi connectivity index (χ2v) is 8.99. The minimum absolute atomic E-state index is 0.00108. The molecule has 2 saturated heterocycles. The average Bonchev–Trinajstić information content (AvgIpc) is 3.37. The number of carbonyl (C=O) groups is 1. The maximum atomic E-state index is 13.0. The van der Waals surface area contributed by atoms with Gasteiger partial charge in [-0.3, -0.25) is 4.79 Å². The zero-order chi connectivity index (χ0) is 22.6. The molecule has 0 spiro atoms. The first kappa shape index (κ1) is 21.9. The molecular formula is C27H31N3O3. The van der Waals surface area contributed by atoms with Crippen molar-refractivity contribution in [3.63, 3.8) is 0 Å². The number of fused-ring (bicyclic) bond motifs is 1. The SMILES string of the molecule is COc1ncccc1-c1cccc2cc(C(=O)NC3CCN(CC4CCCO4)CC3)ccc12. The molecule has 2 fully saturated rings. The molecule has 1 aromatic heterocycles. The van der Waals surface area contributed by atoms with Crippen molar-refractivity contribution in [1.82, 2.24) is 15.2 Å². The van der Waals surface area contributed by atoms with Crippen LogP contribution in [0.3, 0.4) is 0 Å². The molecule has 2 aromatic carbocycles. The van der Waals surface area contributed by atoms with E-state index in [0.29, 0.717) is 17.5 Å². The number of aromatic nitrogens is 1. The molecule has 1 amide bonds. The molecule has 0 radical (unpaired) electrons. The predicted octanol–water partition coefficient (Wildman–Crippen LogP) is 4.28. The van der Waals surface area contributed by atoms with E-state index in [-0.39, 0.29) is 11.9 Å². The Labute approximate surface area is 194 Å². The van der Waals surface area contributed by atoms with Gasteiger partial charge in [0.1, 0.15) is 0 Å². The summed E-state index contributed by atoms with van der Waals surface area (Å²) in [7, 11) is 1.63. The summed E-state index contributed by atoms with van der Waals surface area (Å²) in [4.78, 5) is 19.8. The average molecular weight is 446 g/mol. The number of piperidine rings is 1. The van der Waals surface area contributed by atoms with Crippen LogP contribution in [-0.4, -0.2) is 61.3 Å². The summed E-state index contributed by atoms with van der Waals surface area (Å²) in [6, 6.07) is 16.2. The molecular weight excluding hydrogens is 414 g/mol. The van der Waals surface area contributed by atoms with Crippen LogP contribution >= 0.6 is 0 Å². The van der Waals surface area contributed by atoms with E-state index in [1.165, 1.54) is 12.8 Å². The van der Waals surface area contributed by atoms with E-state index in [4.69, 9.17) is 9.47 Å². The van der Waals surface area contributed by atoms with E-state index >= 15 is 0 Å². The zero-order valence-corrected chi connectivity index (χ0v) is 19.1. The zero-order valence-electron chi connectivity index (χ0n) is 19.1. The van der Waals surface area contributed by atoms with Gasteiger partial charge in [0.05, 0.1) is 13.2 Å². The normalized spacial score (nSPS) is 19.6. The fraction of sp³-hybridized carbons (Fsp3) is 0.407. The number of ether oxygens (including phenoxy) is 2. The van der Waals surface area contributed by atoms with Crippen molar-refractivity contribution in [2.75, 3.05) is 33.4 Å². The van der Waals surface area contributed by atoms with Crippen molar-refractivity contribution in [3.05, 3.63) is 60.3 Å². The lowest BCUT2D eigenvalue weighted by molar-refractivity contribution is 0.0613. The van der Waals surface area contributed by atoms with Crippen molar-refractivity contribution in [3.8, 4) is 17.0 Å². The van der Waals surface area contributed by atoms with Crippen LogP contribution in [-0.2, 0) is 4.74 Å². The lowest BCUT2D eigenvalue weighted by Crippen LogP contribution is -2.46. The van der Waals surface area contributed by atoms with Gasteiger partial charge in [-0.15, -0.1) is 0 Å². The van der Waals surface area contributed by atoms with Gasteiger partial charge in [-0.05, 0) is 66.3 Å². The Morgan fingerprint density at radius 1 is 1.12 bits per heavy atom. The minimum atomic E-state index is -0.00108. The standard InChI is InChI=1S/C27H31N3O3/c1-32-27-25(8-3-13-28-27)24-7-2-5-19-17-20(9-10-23(19)24)26(31)29-21-11-14-30(15-12-21)18-22-6-4-16-33-22/h2-3,5,7-10,13,17,21-22H,4,6,11-12,14-16,18H2,1H3,(H,29,31). The summed E-state index contributed by atoms with van der Waals surface area (Å²) in [5, 5.41) is 5.35. The van der Waals surface area contributed by atoms with E-state index in [0.717, 1.165) is 61.0 Å². The highest BCUT2D eigenvalue weighted by Gasteiger charge is 2.25. The van der Waals surface area contributed by atoms with Crippen LogP contribution < -0.4 is 10.1 Å². The van der Waals surface area contributed by atoms with Crippen LogP contribution in [0.5, 0.6) is 5.88 Å². The van der Waals surface area contributed by atoms with Crippen molar-refractivity contribution < 1.29 is 14.3 Å². The Balaban J connectivity index is 1.26. The number of rotatable bonds is 6. The van der Waals surface area contributed by atoms with Gasteiger partial charge in [0.25, 0.3) is 5.91 Å². The van der Waals surface area contributed by atoms with Gasteiger partial charge in [0.15, 0.2) is 0 Å². The summed E-state index contributed by atoms with van der Waals surface area (Å²) in [5.41, 5.74) is 2.68. The molecule has 1 atom stereocenters. The van der Waals surface area contributed by atoms with Crippen LogP contribution in [0.1, 0.15) is 36.0 Å². The van der Waals surface area contributed by atoms with Crippen LogP contribution in [0.4, 0.5) is 0 Å². The molecule has 5 rings (SSSR count). The summed E-state index contributed by atoms with van der Waals surface area (Å²) in [5.74, 6) is 0.594. The molecule has 2 aliphatic rings. The lowest BCUT2D eigenvalue weighted by atomic mass is 9.97. The van der Waals surface area contributed by atoms with Crippen molar-refractivity contribution in [2.45, 2.75) is 37.8 Å². The fourth-order valence-corrected chi connectivity index (χ4v) is 5.02. The highest BCUT2D eigenvalue weighted by atomic mass is 16.5. The predicted molar refractivity (Wildman–Crippen MR) is 130 cm³/mol. The monoisotopic (exact) mass is 445 g/mol. The molecule has 3 heterocycles. The van der Waals surface area contributed by atoms with E-state index in [2.05, 4.69) is 21.3 Å². The first-order valence-corrected chi connectivity index (χ1v) is 11.9. The molecule has 172 valence electrons. The number of benzene rings is 2. The number of nitrogens with zero attached hydrogens (tertiary/aromatic N) is 2. The van der Waals surface area contributed by atoms with Crippen LogP contribution in [0, 0.1) is 0 Å². The number of hydrogen-bond acceptors (Lipinski definition) is 5. The van der Waals surface area contributed by atoms with Gasteiger partial charge in [-0.1, -0.05) is 24.3 Å². The number of likely N-dealkylation sites (tertiary alicyclic amines) is 1. The summed E-state index contributed by atoms with van der Waals surface area (Å²) >= 11 is 0. The highest BCUT2D eigenvalue weighted by Crippen LogP contribution is 2.34. The third-order valence-electron chi connectivity index (χ3n) is 6.81. The van der Waals surface area contributed by atoms with Gasteiger partial charge >= 0.3 is 0 Å². The number of amides is 1. The number of hydrogen-bond donors (Lipinski definition) is 1. The number of carbonyl (C=O) groups excluding carboxylic acids is 1. The topological polar surface area (TPSA) is 63.7 Å². The van der Waals surface area contributed by atoms with Crippen molar-refractivity contribution >= 4 is 16.7 Å². The Morgan fingerprint density at radius 2 is 1.97 bits per heavy atom. The molecule has 3 aromatic rings. The first-order chi connectivity index (χ1) is 16.2.